The summed E-state index contributed by atoms with van der Waals surface area (Å²) in [6.07, 6.45) is 2.19. The molecule has 9 heteroatoms. The lowest BCUT2D eigenvalue weighted by molar-refractivity contribution is 0.581. The first-order valence-corrected chi connectivity index (χ1v) is 9.34. The molecule has 2 rings (SSSR count). The molecule has 0 amide bonds. The predicted octanol–water partition coefficient (Wildman–Crippen LogP) is 3.73. The summed E-state index contributed by atoms with van der Waals surface area (Å²) >= 11 is 16.6. The van der Waals surface area contributed by atoms with Crippen molar-refractivity contribution in [3.63, 3.8) is 0 Å². The number of sulfonamides is 1. The van der Waals surface area contributed by atoms with Crippen molar-refractivity contribution >= 4 is 60.5 Å². The van der Waals surface area contributed by atoms with Crippen LogP contribution in [0.5, 0.6) is 0 Å². The molecule has 0 aliphatic heterocycles. The number of hydrogen-bond donors (Lipinski definition) is 1. The maximum absolute atomic E-state index is 12.2. The molecule has 1 aromatic heterocycles. The van der Waals surface area contributed by atoms with Crippen LogP contribution in [0.3, 0.4) is 0 Å². The molecule has 0 fully saturated rings. The molecule has 2 aromatic rings. The van der Waals surface area contributed by atoms with Gasteiger partial charge in [0, 0.05) is 29.0 Å². The second-order valence-electron chi connectivity index (χ2n) is 3.77. The van der Waals surface area contributed by atoms with Gasteiger partial charge in [-0.25, -0.2) is 18.1 Å². The van der Waals surface area contributed by atoms with E-state index in [0.717, 1.165) is 5.01 Å². The van der Waals surface area contributed by atoms with E-state index in [4.69, 9.17) is 23.2 Å². The quantitative estimate of drug-likeness (QED) is 0.809. The highest BCUT2D eigenvalue weighted by molar-refractivity contribution is 9.10. The molecule has 0 saturated heterocycles. The number of hydrogen-bond acceptors (Lipinski definition) is 4. The molecular formula is C11H9BrCl2N2O2S2. The monoisotopic (exact) mass is 414 g/mol. The van der Waals surface area contributed by atoms with Gasteiger partial charge in [0.25, 0.3) is 0 Å². The van der Waals surface area contributed by atoms with Crippen LogP contribution in [-0.4, -0.2) is 19.9 Å². The van der Waals surface area contributed by atoms with Crippen molar-refractivity contribution in [3.05, 3.63) is 43.2 Å². The molecule has 20 heavy (non-hydrogen) atoms. The third kappa shape index (κ3) is 3.93. The fraction of sp³-hybridized carbons (Fsp3) is 0.182. The van der Waals surface area contributed by atoms with Gasteiger partial charge in [-0.2, -0.15) is 0 Å². The summed E-state index contributed by atoms with van der Waals surface area (Å²) < 4.78 is 27.5. The van der Waals surface area contributed by atoms with E-state index in [-0.39, 0.29) is 21.5 Å². The Hall–Kier alpha value is -0.180. The van der Waals surface area contributed by atoms with E-state index in [2.05, 4.69) is 25.6 Å². The molecule has 0 radical (unpaired) electrons. The van der Waals surface area contributed by atoms with E-state index >= 15 is 0 Å². The number of rotatable bonds is 5. The first kappa shape index (κ1) is 16.2. The normalized spacial score (nSPS) is 11.8. The lowest BCUT2D eigenvalue weighted by Crippen LogP contribution is -2.26. The number of benzene rings is 1. The Labute approximate surface area is 139 Å². The van der Waals surface area contributed by atoms with Crippen molar-refractivity contribution in [3.8, 4) is 0 Å². The van der Waals surface area contributed by atoms with Crippen molar-refractivity contribution in [1.82, 2.24) is 9.71 Å². The Morgan fingerprint density at radius 2 is 1.95 bits per heavy atom. The molecule has 0 spiro atoms. The lowest BCUT2D eigenvalue weighted by Gasteiger charge is -2.10. The zero-order chi connectivity index (χ0) is 14.8. The maximum atomic E-state index is 12.2. The summed E-state index contributed by atoms with van der Waals surface area (Å²) in [7, 11) is -3.75. The number of aromatic nitrogens is 1. The van der Waals surface area contributed by atoms with E-state index in [9.17, 15) is 8.42 Å². The number of nitrogens with one attached hydrogen (secondary N) is 1. The highest BCUT2D eigenvalue weighted by Crippen LogP contribution is 2.32. The third-order valence-corrected chi connectivity index (χ3v) is 6.03. The van der Waals surface area contributed by atoms with Crippen LogP contribution in [0.4, 0.5) is 0 Å². The SMILES string of the molecule is O=S(=O)(NCCc1nccs1)c1c(Cl)cc(Br)cc1Cl. The Morgan fingerprint density at radius 1 is 1.30 bits per heavy atom. The largest absolute Gasteiger partial charge is 0.250 e. The highest BCUT2D eigenvalue weighted by atomic mass is 79.9. The average Bonchev–Trinajstić information content (AvgIpc) is 2.79. The number of nitrogens with zero attached hydrogens (tertiary/aromatic N) is 1. The van der Waals surface area contributed by atoms with Gasteiger partial charge in [-0.05, 0) is 12.1 Å². The molecule has 108 valence electrons. The molecule has 1 N–H and O–H groups in total. The van der Waals surface area contributed by atoms with E-state index in [1.54, 1.807) is 6.20 Å². The molecule has 0 atom stereocenters. The zero-order valence-electron chi connectivity index (χ0n) is 9.94. The summed E-state index contributed by atoms with van der Waals surface area (Å²) in [4.78, 5) is 3.97. The second-order valence-corrected chi connectivity index (χ2v) is 8.19. The van der Waals surface area contributed by atoms with Crippen LogP contribution >= 0.6 is 50.5 Å². The van der Waals surface area contributed by atoms with Crippen molar-refractivity contribution in [2.45, 2.75) is 11.3 Å². The van der Waals surface area contributed by atoms with Crippen LogP contribution in [0.2, 0.25) is 10.0 Å². The van der Waals surface area contributed by atoms with Crippen LogP contribution in [-0.2, 0) is 16.4 Å². The fourth-order valence-electron chi connectivity index (χ4n) is 1.53. The molecule has 4 nitrogen and oxygen atoms in total. The van der Waals surface area contributed by atoms with Gasteiger partial charge in [0.2, 0.25) is 10.0 Å². The van der Waals surface area contributed by atoms with Gasteiger partial charge >= 0.3 is 0 Å². The Balaban J connectivity index is 2.14. The molecule has 0 aliphatic rings. The van der Waals surface area contributed by atoms with Gasteiger partial charge in [0.1, 0.15) is 4.90 Å². The van der Waals surface area contributed by atoms with Gasteiger partial charge in [0.05, 0.1) is 15.1 Å². The third-order valence-electron chi connectivity index (χ3n) is 2.35. The predicted molar refractivity (Wildman–Crippen MR) is 85.2 cm³/mol. The van der Waals surface area contributed by atoms with E-state index in [1.807, 2.05) is 5.38 Å². The van der Waals surface area contributed by atoms with Crippen LogP contribution in [0.25, 0.3) is 0 Å². The standard InChI is InChI=1S/C11H9BrCl2N2O2S2/c12-7-5-8(13)11(9(14)6-7)20(17,18)16-2-1-10-15-3-4-19-10/h3-6,16H,1-2H2. The summed E-state index contributed by atoms with van der Waals surface area (Å²) in [5.41, 5.74) is 0. The van der Waals surface area contributed by atoms with E-state index < -0.39 is 10.0 Å². The molecule has 0 saturated carbocycles. The molecule has 0 unspecified atom stereocenters. The van der Waals surface area contributed by atoms with Crippen molar-refractivity contribution < 1.29 is 8.42 Å². The smallest absolute Gasteiger partial charge is 0.243 e. The van der Waals surface area contributed by atoms with Crippen molar-refractivity contribution in [2.75, 3.05) is 6.54 Å². The van der Waals surface area contributed by atoms with Crippen LogP contribution < -0.4 is 4.72 Å². The molecule has 0 aliphatic carbocycles. The lowest BCUT2D eigenvalue weighted by atomic mass is 10.4. The van der Waals surface area contributed by atoms with Crippen molar-refractivity contribution in [2.24, 2.45) is 0 Å². The van der Waals surface area contributed by atoms with E-state index in [0.29, 0.717) is 10.9 Å². The average molecular weight is 416 g/mol. The van der Waals surface area contributed by atoms with Crippen LogP contribution in [0.1, 0.15) is 5.01 Å². The van der Waals surface area contributed by atoms with Crippen molar-refractivity contribution in [1.29, 1.82) is 0 Å². The minimum atomic E-state index is -3.75. The van der Waals surface area contributed by atoms with Gasteiger partial charge in [-0.15, -0.1) is 11.3 Å². The molecule has 1 heterocycles. The Bertz CT molecular complexity index is 682. The maximum Gasteiger partial charge on any atom is 0.243 e. The Morgan fingerprint density at radius 3 is 2.50 bits per heavy atom. The first-order chi connectivity index (χ1) is 9.40. The summed E-state index contributed by atoms with van der Waals surface area (Å²) in [5.74, 6) is 0. The minimum absolute atomic E-state index is 0.0751. The zero-order valence-corrected chi connectivity index (χ0v) is 14.7. The van der Waals surface area contributed by atoms with Gasteiger partial charge in [0.15, 0.2) is 0 Å². The van der Waals surface area contributed by atoms with Gasteiger partial charge in [-0.3, -0.25) is 0 Å². The number of halogens is 3. The van der Waals surface area contributed by atoms with Crippen LogP contribution in [0.15, 0.2) is 33.1 Å². The van der Waals surface area contributed by atoms with Gasteiger partial charge < -0.3 is 0 Å². The fourth-order valence-corrected chi connectivity index (χ4v) is 5.11. The summed E-state index contributed by atoms with van der Waals surface area (Å²) in [5, 5.41) is 2.85. The topological polar surface area (TPSA) is 59.1 Å². The molecular weight excluding hydrogens is 407 g/mol. The summed E-state index contributed by atoms with van der Waals surface area (Å²) in [6.45, 7) is 0.235. The first-order valence-electron chi connectivity index (χ1n) is 5.43. The molecule has 1 aromatic carbocycles. The van der Waals surface area contributed by atoms with Gasteiger partial charge in [-0.1, -0.05) is 39.1 Å². The molecule has 0 bridgehead atoms. The Kier molecular flexibility index (Phi) is 5.44. The van der Waals surface area contributed by atoms with E-state index in [1.165, 1.54) is 23.5 Å². The second kappa shape index (κ2) is 6.72. The number of thiazole rings is 1. The van der Waals surface area contributed by atoms with Crippen LogP contribution in [0, 0.1) is 0 Å². The summed E-state index contributed by atoms with van der Waals surface area (Å²) in [6, 6.07) is 2.98. The minimum Gasteiger partial charge on any atom is -0.250 e. The highest BCUT2D eigenvalue weighted by Gasteiger charge is 2.22.